The molecule has 0 aliphatic carbocycles. The second-order valence-electron chi connectivity index (χ2n) is 3.96. The highest BCUT2D eigenvalue weighted by Gasteiger charge is 2.32. The van der Waals surface area contributed by atoms with Gasteiger partial charge in [-0.05, 0) is 25.5 Å². The number of hydrogen-bond acceptors (Lipinski definition) is 2. The van der Waals surface area contributed by atoms with Crippen molar-refractivity contribution in [2.45, 2.75) is 19.4 Å². The second-order valence-corrected chi connectivity index (χ2v) is 3.96. The number of halogens is 2. The molecule has 1 heterocycles. The van der Waals surface area contributed by atoms with E-state index in [1.54, 1.807) is 6.92 Å². The molecule has 0 N–H and O–H groups in total. The first-order chi connectivity index (χ1) is 7.59. The van der Waals surface area contributed by atoms with Crippen LogP contribution in [0.1, 0.15) is 23.7 Å². The molecule has 1 aromatic rings. The number of hydrogen-bond donors (Lipinski definition) is 0. The second kappa shape index (κ2) is 4.29. The number of carbonyl (C=O) groups excluding carboxylic acids is 1. The summed E-state index contributed by atoms with van der Waals surface area (Å²) in [6.07, 6.45) is 0.397. The van der Waals surface area contributed by atoms with Gasteiger partial charge in [-0.25, -0.2) is 8.78 Å². The van der Waals surface area contributed by atoms with Crippen molar-refractivity contribution in [1.82, 2.24) is 0 Å². The third-order valence-electron chi connectivity index (χ3n) is 2.91. The molecule has 2 nitrogen and oxygen atoms in total. The maximum Gasteiger partial charge on any atom is 0.171 e. The third kappa shape index (κ3) is 1.97. The molecule has 1 fully saturated rings. The monoisotopic (exact) mass is 226 g/mol. The Balaban J connectivity index is 2.27. The Bertz CT molecular complexity index is 417. The molecule has 86 valence electrons. The number of benzene rings is 1. The van der Waals surface area contributed by atoms with E-state index in [0.717, 1.165) is 12.1 Å². The minimum absolute atomic E-state index is 0.0521. The Morgan fingerprint density at radius 1 is 1.44 bits per heavy atom. The lowest BCUT2D eigenvalue weighted by molar-refractivity contribution is 0.0761. The molecule has 16 heavy (non-hydrogen) atoms. The van der Waals surface area contributed by atoms with E-state index in [0.29, 0.717) is 13.0 Å². The average molecular weight is 226 g/mol. The van der Waals surface area contributed by atoms with E-state index in [9.17, 15) is 13.6 Å². The van der Waals surface area contributed by atoms with E-state index in [1.165, 1.54) is 6.07 Å². The van der Waals surface area contributed by atoms with Gasteiger partial charge in [0, 0.05) is 12.7 Å². The minimum atomic E-state index is -0.802. The zero-order chi connectivity index (χ0) is 11.7. The van der Waals surface area contributed by atoms with Crippen molar-refractivity contribution in [3.05, 3.63) is 35.4 Å². The predicted molar refractivity (Wildman–Crippen MR) is 54.2 cm³/mol. The van der Waals surface area contributed by atoms with E-state index in [-0.39, 0.29) is 23.4 Å². The summed E-state index contributed by atoms with van der Waals surface area (Å²) in [7, 11) is 0. The lowest BCUT2D eigenvalue weighted by Crippen LogP contribution is -2.22. The topological polar surface area (TPSA) is 26.3 Å². The Kier molecular flexibility index (Phi) is 3.01. The molecule has 2 unspecified atom stereocenters. The fourth-order valence-electron chi connectivity index (χ4n) is 1.97. The number of Topliss-reactive ketones (excluding diaryl/α,β-unsaturated/α-hetero) is 1. The van der Waals surface area contributed by atoms with Crippen LogP contribution in [-0.4, -0.2) is 18.5 Å². The van der Waals surface area contributed by atoms with Gasteiger partial charge in [-0.1, -0.05) is 0 Å². The van der Waals surface area contributed by atoms with Gasteiger partial charge in [-0.3, -0.25) is 4.79 Å². The molecular formula is C12H12F2O2. The van der Waals surface area contributed by atoms with Gasteiger partial charge in [-0.2, -0.15) is 0 Å². The summed E-state index contributed by atoms with van der Waals surface area (Å²) in [5.74, 6) is -2.10. The van der Waals surface area contributed by atoms with Crippen molar-refractivity contribution in [2.24, 2.45) is 5.92 Å². The van der Waals surface area contributed by atoms with Crippen molar-refractivity contribution >= 4 is 5.78 Å². The SMILES string of the molecule is CC1OCCC1C(=O)c1ccc(F)cc1F. The number of ether oxygens (including phenoxy) is 1. The fraction of sp³-hybridized carbons (Fsp3) is 0.417. The molecule has 0 saturated carbocycles. The highest BCUT2D eigenvalue weighted by atomic mass is 19.1. The Morgan fingerprint density at radius 2 is 2.19 bits per heavy atom. The van der Waals surface area contributed by atoms with Crippen LogP contribution in [0.2, 0.25) is 0 Å². The van der Waals surface area contributed by atoms with Gasteiger partial charge >= 0.3 is 0 Å². The van der Waals surface area contributed by atoms with E-state index in [4.69, 9.17) is 4.74 Å². The van der Waals surface area contributed by atoms with Crippen LogP contribution < -0.4 is 0 Å². The van der Waals surface area contributed by atoms with Crippen molar-refractivity contribution < 1.29 is 18.3 Å². The Morgan fingerprint density at radius 3 is 2.75 bits per heavy atom. The Labute approximate surface area is 92.2 Å². The number of ketones is 1. The Hall–Kier alpha value is -1.29. The smallest absolute Gasteiger partial charge is 0.171 e. The van der Waals surface area contributed by atoms with Gasteiger partial charge in [0.1, 0.15) is 11.6 Å². The molecule has 0 amide bonds. The van der Waals surface area contributed by atoms with Gasteiger partial charge < -0.3 is 4.74 Å². The summed E-state index contributed by atoms with van der Waals surface area (Å²) in [6.45, 7) is 2.30. The van der Waals surface area contributed by atoms with Gasteiger partial charge in [0.15, 0.2) is 5.78 Å². The van der Waals surface area contributed by atoms with Crippen molar-refractivity contribution in [1.29, 1.82) is 0 Å². The van der Waals surface area contributed by atoms with E-state index < -0.39 is 11.6 Å². The van der Waals surface area contributed by atoms with E-state index in [1.807, 2.05) is 0 Å². The van der Waals surface area contributed by atoms with Crippen molar-refractivity contribution in [3.8, 4) is 0 Å². The largest absolute Gasteiger partial charge is 0.378 e. The first-order valence-corrected chi connectivity index (χ1v) is 5.20. The summed E-state index contributed by atoms with van der Waals surface area (Å²) in [4.78, 5) is 11.9. The highest BCUT2D eigenvalue weighted by Crippen LogP contribution is 2.25. The minimum Gasteiger partial charge on any atom is -0.378 e. The van der Waals surface area contributed by atoms with Crippen LogP contribution in [0.4, 0.5) is 8.78 Å². The van der Waals surface area contributed by atoms with Gasteiger partial charge in [0.2, 0.25) is 0 Å². The van der Waals surface area contributed by atoms with Crippen LogP contribution in [0.3, 0.4) is 0 Å². The normalized spacial score (nSPS) is 24.7. The summed E-state index contributed by atoms with van der Waals surface area (Å²) in [5.41, 5.74) is -0.0521. The zero-order valence-electron chi connectivity index (χ0n) is 8.87. The lowest BCUT2D eigenvalue weighted by atomic mass is 9.92. The van der Waals surface area contributed by atoms with Crippen LogP contribution in [0.5, 0.6) is 0 Å². The van der Waals surface area contributed by atoms with Gasteiger partial charge in [-0.15, -0.1) is 0 Å². The van der Waals surface area contributed by atoms with Gasteiger partial charge in [0.05, 0.1) is 17.6 Å². The summed E-state index contributed by atoms with van der Waals surface area (Å²) in [5, 5.41) is 0. The van der Waals surface area contributed by atoms with Crippen molar-refractivity contribution in [3.63, 3.8) is 0 Å². The molecule has 1 saturated heterocycles. The first-order valence-electron chi connectivity index (χ1n) is 5.20. The molecule has 0 spiro atoms. The highest BCUT2D eigenvalue weighted by molar-refractivity contribution is 5.98. The van der Waals surface area contributed by atoms with Crippen LogP contribution in [-0.2, 0) is 4.74 Å². The predicted octanol–water partition coefficient (Wildman–Crippen LogP) is 2.57. The molecule has 2 atom stereocenters. The molecule has 1 aliphatic heterocycles. The van der Waals surface area contributed by atoms with Crippen molar-refractivity contribution in [2.75, 3.05) is 6.61 Å². The summed E-state index contributed by atoms with van der Waals surface area (Å²) >= 11 is 0. The molecule has 4 heteroatoms. The van der Waals surface area contributed by atoms with E-state index >= 15 is 0 Å². The molecular weight excluding hydrogens is 214 g/mol. The molecule has 0 radical (unpaired) electrons. The van der Waals surface area contributed by atoms with Gasteiger partial charge in [0.25, 0.3) is 0 Å². The van der Waals surface area contributed by atoms with Crippen LogP contribution in [0.15, 0.2) is 18.2 Å². The third-order valence-corrected chi connectivity index (χ3v) is 2.91. The summed E-state index contributed by atoms with van der Waals surface area (Å²) < 4.78 is 31.3. The zero-order valence-corrected chi connectivity index (χ0v) is 8.87. The van der Waals surface area contributed by atoms with Crippen LogP contribution in [0, 0.1) is 17.6 Å². The van der Waals surface area contributed by atoms with E-state index in [2.05, 4.69) is 0 Å². The maximum atomic E-state index is 13.4. The average Bonchev–Trinajstić information content (AvgIpc) is 2.63. The maximum absolute atomic E-state index is 13.4. The number of rotatable bonds is 2. The lowest BCUT2D eigenvalue weighted by Gasteiger charge is -2.13. The first kappa shape index (κ1) is 11.2. The molecule has 0 bridgehead atoms. The van der Waals surface area contributed by atoms with Crippen LogP contribution in [0.25, 0.3) is 0 Å². The standard InChI is InChI=1S/C12H12F2O2/c1-7-9(4-5-16-7)12(15)10-3-2-8(13)6-11(10)14/h2-3,6-7,9H,4-5H2,1H3. The molecule has 2 rings (SSSR count). The quantitative estimate of drug-likeness (QED) is 0.724. The number of carbonyl (C=O) groups is 1. The summed E-state index contributed by atoms with van der Waals surface area (Å²) in [6, 6.07) is 3.02. The van der Waals surface area contributed by atoms with Crippen LogP contribution >= 0.6 is 0 Å². The molecule has 1 aromatic carbocycles. The molecule has 1 aliphatic rings. The fourth-order valence-corrected chi connectivity index (χ4v) is 1.97. The molecule has 0 aromatic heterocycles.